The van der Waals surface area contributed by atoms with Gasteiger partial charge in [-0.15, -0.1) is 0 Å². The summed E-state index contributed by atoms with van der Waals surface area (Å²) in [7, 11) is 0. The van der Waals surface area contributed by atoms with E-state index in [9.17, 15) is 19.2 Å². The second-order valence-electron chi connectivity index (χ2n) is 5.94. The van der Waals surface area contributed by atoms with Gasteiger partial charge in [-0.25, -0.2) is 9.59 Å². The standard InChI is InChI=1S/2C7H8O5.C4H10O3/c2*1-3(2)4(8)5-6(9)12-7(10)11-5;5-1-3-7-4-2-6/h2*5-6,9H,1H2,2H3;5-6H,1-4H2. The van der Waals surface area contributed by atoms with E-state index < -0.39 is 48.7 Å². The molecule has 0 amide bonds. The van der Waals surface area contributed by atoms with Crippen molar-refractivity contribution in [1.82, 2.24) is 0 Å². The van der Waals surface area contributed by atoms with Gasteiger partial charge in [-0.05, 0) is 25.0 Å². The van der Waals surface area contributed by atoms with Crippen LogP contribution in [-0.2, 0) is 33.3 Å². The molecule has 4 unspecified atom stereocenters. The molecule has 0 bridgehead atoms. The number of cyclic esters (lactones) is 4. The van der Waals surface area contributed by atoms with Crippen LogP contribution in [0.4, 0.5) is 9.59 Å². The van der Waals surface area contributed by atoms with Crippen molar-refractivity contribution in [2.45, 2.75) is 38.6 Å². The SMILES string of the molecule is C=C(C)C(=O)C1OC(=O)OC1O.C=C(C)C(=O)C1OC(=O)OC1O.OCCOCCO. The Labute approximate surface area is 177 Å². The highest BCUT2D eigenvalue weighted by Gasteiger charge is 2.41. The number of ketones is 2. The molecule has 0 aliphatic carbocycles. The van der Waals surface area contributed by atoms with E-state index in [4.69, 9.17) is 20.4 Å². The predicted octanol–water partition coefficient (Wildman–Crippen LogP) is -1.04. The molecule has 13 heteroatoms. The first-order valence-corrected chi connectivity index (χ1v) is 8.75. The molecule has 2 heterocycles. The lowest BCUT2D eigenvalue weighted by Gasteiger charge is -2.07. The summed E-state index contributed by atoms with van der Waals surface area (Å²) in [5, 5.41) is 34.1. The lowest BCUT2D eigenvalue weighted by molar-refractivity contribution is -0.130. The lowest BCUT2D eigenvalue weighted by Crippen LogP contribution is -2.31. The fourth-order valence-electron chi connectivity index (χ4n) is 1.78. The van der Waals surface area contributed by atoms with E-state index in [0.29, 0.717) is 13.2 Å². The van der Waals surface area contributed by atoms with Crippen LogP contribution in [-0.4, -0.2) is 95.5 Å². The number of carbonyl (C=O) groups is 4. The van der Waals surface area contributed by atoms with Crippen molar-refractivity contribution in [1.29, 1.82) is 0 Å². The summed E-state index contributed by atoms with van der Waals surface area (Å²) in [5.74, 6) is -1.07. The molecule has 2 fully saturated rings. The maximum atomic E-state index is 11.1. The van der Waals surface area contributed by atoms with Gasteiger partial charge in [0.15, 0.2) is 0 Å². The van der Waals surface area contributed by atoms with Gasteiger partial charge in [-0.1, -0.05) is 13.2 Å². The second-order valence-corrected chi connectivity index (χ2v) is 5.94. The number of aliphatic hydroxyl groups is 4. The summed E-state index contributed by atoms with van der Waals surface area (Å²) in [6.45, 7) is 10.3. The molecule has 0 saturated carbocycles. The van der Waals surface area contributed by atoms with Gasteiger partial charge in [0, 0.05) is 0 Å². The molecule has 0 aromatic carbocycles. The van der Waals surface area contributed by atoms with Gasteiger partial charge in [0.05, 0.1) is 26.4 Å². The first-order valence-electron chi connectivity index (χ1n) is 8.75. The smallest absolute Gasteiger partial charge is 0.416 e. The first-order chi connectivity index (χ1) is 14.5. The zero-order valence-electron chi connectivity index (χ0n) is 17.0. The maximum absolute atomic E-state index is 11.1. The molecule has 0 aromatic rings. The molecule has 2 rings (SSSR count). The van der Waals surface area contributed by atoms with Gasteiger partial charge in [0.25, 0.3) is 0 Å². The van der Waals surface area contributed by atoms with Crippen molar-refractivity contribution >= 4 is 23.9 Å². The van der Waals surface area contributed by atoms with Crippen LogP contribution in [0.2, 0.25) is 0 Å². The normalized spacial score (nSPS) is 23.5. The molecule has 4 atom stereocenters. The van der Waals surface area contributed by atoms with Crippen LogP contribution in [0.1, 0.15) is 13.8 Å². The number of rotatable bonds is 8. The molecular weight excluding hydrogens is 424 g/mol. The topological polar surface area (TPSA) is 195 Å². The molecule has 2 aliphatic rings. The predicted molar refractivity (Wildman–Crippen MR) is 99.4 cm³/mol. The van der Waals surface area contributed by atoms with Gasteiger partial charge in [-0.2, -0.15) is 0 Å². The minimum Gasteiger partial charge on any atom is -0.416 e. The summed E-state index contributed by atoms with van der Waals surface area (Å²) < 4.78 is 21.7. The molecule has 2 saturated heterocycles. The summed E-state index contributed by atoms with van der Waals surface area (Å²) in [6.07, 6.45) is -7.61. The monoisotopic (exact) mass is 450 g/mol. The third kappa shape index (κ3) is 10.1. The highest BCUT2D eigenvalue weighted by molar-refractivity contribution is 6.00. The van der Waals surface area contributed by atoms with Crippen molar-refractivity contribution in [3.63, 3.8) is 0 Å². The number of carbonyl (C=O) groups excluding carboxylic acids is 4. The Morgan fingerprint density at radius 1 is 0.806 bits per heavy atom. The van der Waals surface area contributed by atoms with Gasteiger partial charge < -0.3 is 44.1 Å². The van der Waals surface area contributed by atoms with E-state index in [0.717, 1.165) is 0 Å². The van der Waals surface area contributed by atoms with Crippen LogP contribution in [0, 0.1) is 0 Å². The quantitative estimate of drug-likeness (QED) is 0.199. The van der Waals surface area contributed by atoms with Gasteiger partial charge in [0.2, 0.25) is 36.4 Å². The van der Waals surface area contributed by atoms with Crippen LogP contribution in [0.25, 0.3) is 0 Å². The van der Waals surface area contributed by atoms with E-state index in [1.807, 2.05) is 0 Å². The fraction of sp³-hybridized carbons (Fsp3) is 0.556. The summed E-state index contributed by atoms with van der Waals surface area (Å²) in [5.41, 5.74) is 0.412. The van der Waals surface area contributed by atoms with Gasteiger partial charge >= 0.3 is 12.3 Å². The van der Waals surface area contributed by atoms with E-state index in [2.05, 4.69) is 36.8 Å². The largest absolute Gasteiger partial charge is 0.511 e. The highest BCUT2D eigenvalue weighted by atomic mass is 16.8. The summed E-state index contributed by atoms with van der Waals surface area (Å²) >= 11 is 0. The fourth-order valence-corrected chi connectivity index (χ4v) is 1.78. The van der Waals surface area contributed by atoms with E-state index in [1.54, 1.807) is 0 Å². The average molecular weight is 450 g/mol. The van der Waals surface area contributed by atoms with Crippen LogP contribution in [0.3, 0.4) is 0 Å². The Morgan fingerprint density at radius 2 is 1.13 bits per heavy atom. The molecule has 0 radical (unpaired) electrons. The zero-order chi connectivity index (χ0) is 24.1. The van der Waals surface area contributed by atoms with Gasteiger partial charge in [0.1, 0.15) is 0 Å². The summed E-state index contributed by atoms with van der Waals surface area (Å²) in [4.78, 5) is 43.0. The third-order valence-corrected chi connectivity index (χ3v) is 3.23. The first kappa shape index (κ1) is 28.2. The van der Waals surface area contributed by atoms with Crippen molar-refractivity contribution in [3.05, 3.63) is 24.3 Å². The van der Waals surface area contributed by atoms with Crippen molar-refractivity contribution in [3.8, 4) is 0 Å². The number of Topliss-reactive ketones (excluding diaryl/α,β-unsaturated/α-hetero) is 2. The zero-order valence-corrected chi connectivity index (χ0v) is 17.0. The van der Waals surface area contributed by atoms with Crippen LogP contribution >= 0.6 is 0 Å². The molecule has 176 valence electrons. The number of hydrogen-bond acceptors (Lipinski definition) is 13. The Hall–Kier alpha value is -2.84. The van der Waals surface area contributed by atoms with Crippen molar-refractivity contribution in [2.75, 3.05) is 26.4 Å². The second kappa shape index (κ2) is 14.2. The highest BCUT2D eigenvalue weighted by Crippen LogP contribution is 2.17. The Kier molecular flexibility index (Phi) is 12.9. The minimum absolute atomic E-state index is 0.0278. The molecule has 2 aliphatic heterocycles. The van der Waals surface area contributed by atoms with Gasteiger partial charge in [-0.3, -0.25) is 9.59 Å². The molecular formula is C18H26O13. The maximum Gasteiger partial charge on any atom is 0.511 e. The Bertz CT molecular complexity index is 615. The van der Waals surface area contributed by atoms with Crippen LogP contribution < -0.4 is 0 Å². The Balaban J connectivity index is 0.000000454. The van der Waals surface area contributed by atoms with Crippen LogP contribution in [0.5, 0.6) is 0 Å². The molecule has 0 spiro atoms. The van der Waals surface area contributed by atoms with E-state index in [1.165, 1.54) is 13.8 Å². The van der Waals surface area contributed by atoms with Crippen molar-refractivity contribution < 1.29 is 63.3 Å². The molecule has 4 N–H and O–H groups in total. The molecule has 13 nitrogen and oxygen atoms in total. The molecule has 0 aromatic heterocycles. The number of hydrogen-bond donors (Lipinski definition) is 4. The van der Waals surface area contributed by atoms with E-state index in [-0.39, 0.29) is 24.4 Å². The minimum atomic E-state index is -1.51. The average Bonchev–Trinajstić information content (AvgIpc) is 3.21. The molecule has 31 heavy (non-hydrogen) atoms. The number of ether oxygens (including phenoxy) is 5. The summed E-state index contributed by atoms with van der Waals surface area (Å²) in [6, 6.07) is 0. The number of aliphatic hydroxyl groups excluding tert-OH is 4. The van der Waals surface area contributed by atoms with Crippen LogP contribution in [0.15, 0.2) is 24.3 Å². The van der Waals surface area contributed by atoms with E-state index >= 15 is 0 Å². The van der Waals surface area contributed by atoms with Crippen molar-refractivity contribution in [2.24, 2.45) is 0 Å². The third-order valence-electron chi connectivity index (χ3n) is 3.23. The lowest BCUT2D eigenvalue weighted by atomic mass is 10.1. The Morgan fingerprint density at radius 3 is 1.32 bits per heavy atom.